The van der Waals surface area contributed by atoms with Crippen molar-refractivity contribution in [1.29, 1.82) is 0 Å². The highest BCUT2D eigenvalue weighted by molar-refractivity contribution is 6.89. The first-order chi connectivity index (χ1) is 20.2. The summed E-state index contributed by atoms with van der Waals surface area (Å²) in [6.45, 7) is 4.21. The molecule has 2 nitrogen and oxygen atoms in total. The molecule has 0 radical (unpaired) electrons. The van der Waals surface area contributed by atoms with Crippen LogP contribution in [0.4, 0.5) is 0 Å². The van der Waals surface area contributed by atoms with Crippen LogP contribution in [-0.4, -0.2) is 25.8 Å². The van der Waals surface area contributed by atoms with E-state index in [0.29, 0.717) is 6.71 Å². The number of hydrogen-bond donors (Lipinski definition) is 0. The number of nitrogens with zero attached hydrogens (tertiary/aromatic N) is 2. The molecule has 0 amide bonds. The molecule has 0 N–H and O–H groups in total. The van der Waals surface area contributed by atoms with Gasteiger partial charge in [0.1, 0.15) is 0 Å². The van der Waals surface area contributed by atoms with Gasteiger partial charge < -0.3 is 4.57 Å². The molecule has 41 heavy (non-hydrogen) atoms. The Kier molecular flexibility index (Phi) is 9.48. The fourth-order valence-electron chi connectivity index (χ4n) is 5.36. The SMILES string of the molecule is C=CB(c1ccccc1)c1ccccc1.Clc1ccc([SiH2]C(c2ccccc2)(c2ccccc2)n2ccnc2)cc1. The molecule has 6 aromatic rings. The van der Waals surface area contributed by atoms with Crippen molar-refractivity contribution < 1.29 is 0 Å². The van der Waals surface area contributed by atoms with Crippen LogP contribution in [0.2, 0.25) is 5.02 Å². The summed E-state index contributed by atoms with van der Waals surface area (Å²) in [7, 11) is -0.821. The van der Waals surface area contributed by atoms with E-state index in [1.54, 1.807) is 0 Å². The third kappa shape index (κ3) is 6.68. The first kappa shape index (κ1) is 28.2. The molecule has 5 heteroatoms. The van der Waals surface area contributed by atoms with Crippen LogP contribution < -0.4 is 16.1 Å². The third-order valence-electron chi connectivity index (χ3n) is 7.37. The molecule has 200 valence electrons. The fraction of sp³-hybridized carbons (Fsp3) is 0.0278. The first-order valence-electron chi connectivity index (χ1n) is 13.8. The van der Waals surface area contributed by atoms with Crippen molar-refractivity contribution in [3.63, 3.8) is 0 Å². The van der Waals surface area contributed by atoms with Crippen LogP contribution >= 0.6 is 11.6 Å². The molecule has 0 saturated carbocycles. The van der Waals surface area contributed by atoms with Crippen LogP contribution in [0, 0.1) is 0 Å². The summed E-state index contributed by atoms with van der Waals surface area (Å²) in [5.41, 5.74) is 5.15. The lowest BCUT2D eigenvalue weighted by Crippen LogP contribution is -2.46. The zero-order valence-electron chi connectivity index (χ0n) is 22.9. The van der Waals surface area contributed by atoms with Crippen LogP contribution in [0.5, 0.6) is 0 Å². The highest BCUT2D eigenvalue weighted by Crippen LogP contribution is 2.33. The quantitative estimate of drug-likeness (QED) is 0.213. The summed E-state index contributed by atoms with van der Waals surface area (Å²) in [5.74, 6) is 1.99. The molecule has 1 heterocycles. The zero-order chi connectivity index (χ0) is 28.3. The number of benzene rings is 5. The molecule has 5 aromatic carbocycles. The number of rotatable bonds is 8. The molecule has 0 atom stereocenters. The van der Waals surface area contributed by atoms with E-state index in [1.807, 2.05) is 42.8 Å². The molecule has 0 aliphatic rings. The molecule has 6 rings (SSSR count). The monoisotopic (exact) mass is 566 g/mol. The molecule has 0 aliphatic carbocycles. The van der Waals surface area contributed by atoms with Crippen molar-refractivity contribution in [1.82, 2.24) is 9.55 Å². The van der Waals surface area contributed by atoms with E-state index in [9.17, 15) is 0 Å². The topological polar surface area (TPSA) is 17.8 Å². The van der Waals surface area contributed by atoms with Gasteiger partial charge in [0, 0.05) is 17.4 Å². The van der Waals surface area contributed by atoms with Crippen LogP contribution in [-0.2, 0) is 5.16 Å². The Morgan fingerprint density at radius 3 is 1.54 bits per heavy atom. The lowest BCUT2D eigenvalue weighted by Gasteiger charge is -2.37. The van der Waals surface area contributed by atoms with E-state index in [0.717, 1.165) is 5.02 Å². The molecule has 0 aliphatic heterocycles. The van der Waals surface area contributed by atoms with E-state index in [4.69, 9.17) is 11.6 Å². The highest BCUT2D eigenvalue weighted by atomic mass is 35.5. The van der Waals surface area contributed by atoms with Gasteiger partial charge in [-0.25, -0.2) is 4.98 Å². The van der Waals surface area contributed by atoms with Crippen molar-refractivity contribution in [3.05, 3.63) is 193 Å². The van der Waals surface area contributed by atoms with Gasteiger partial charge in [-0.05, 0) is 23.3 Å². The van der Waals surface area contributed by atoms with Crippen molar-refractivity contribution >= 4 is 43.9 Å². The second kappa shape index (κ2) is 13.8. The smallest absolute Gasteiger partial charge is 0.233 e. The lowest BCUT2D eigenvalue weighted by molar-refractivity contribution is 0.596. The van der Waals surface area contributed by atoms with Crippen LogP contribution in [0.15, 0.2) is 177 Å². The molecule has 0 unspecified atom stereocenters. The van der Waals surface area contributed by atoms with Crippen molar-refractivity contribution in [3.8, 4) is 0 Å². The zero-order valence-corrected chi connectivity index (χ0v) is 25.1. The predicted molar refractivity (Wildman–Crippen MR) is 179 cm³/mol. The minimum absolute atomic E-state index is 0.243. The fourth-order valence-corrected chi connectivity index (χ4v) is 7.79. The number of hydrogen-bond acceptors (Lipinski definition) is 1. The van der Waals surface area contributed by atoms with Gasteiger partial charge in [-0.15, -0.1) is 12.6 Å². The number of imidazole rings is 1. The minimum Gasteiger partial charge on any atom is -0.326 e. The van der Waals surface area contributed by atoms with E-state index < -0.39 is 9.52 Å². The third-order valence-corrected chi connectivity index (χ3v) is 10.2. The first-order valence-corrected chi connectivity index (χ1v) is 15.6. The molecular formula is C36H32BClN2Si. The number of halogens is 1. The molecule has 1 aromatic heterocycles. The Morgan fingerprint density at radius 2 is 1.12 bits per heavy atom. The van der Waals surface area contributed by atoms with Crippen LogP contribution in [0.25, 0.3) is 0 Å². The van der Waals surface area contributed by atoms with Gasteiger partial charge in [-0.2, -0.15) is 0 Å². The predicted octanol–water partition coefficient (Wildman–Crippen LogP) is 5.80. The summed E-state index contributed by atoms with van der Waals surface area (Å²) in [4.78, 5) is 4.36. The van der Waals surface area contributed by atoms with Crippen molar-refractivity contribution in [2.24, 2.45) is 0 Å². The maximum atomic E-state index is 6.12. The summed E-state index contributed by atoms with van der Waals surface area (Å²) < 4.78 is 2.26. The Labute approximate surface area is 250 Å². The van der Waals surface area contributed by atoms with Gasteiger partial charge in [0.2, 0.25) is 6.71 Å². The Morgan fingerprint density at radius 1 is 0.659 bits per heavy atom. The van der Waals surface area contributed by atoms with Crippen LogP contribution in [0.1, 0.15) is 11.1 Å². The molecule has 0 fully saturated rings. The van der Waals surface area contributed by atoms with Gasteiger partial charge in [-0.1, -0.05) is 161 Å². The summed E-state index contributed by atoms with van der Waals surface area (Å²) in [5, 5.41) is 1.89. The molecule has 0 saturated heterocycles. The van der Waals surface area contributed by atoms with Gasteiger partial charge in [0.25, 0.3) is 0 Å². The summed E-state index contributed by atoms with van der Waals surface area (Å²) in [6.07, 6.45) is 5.86. The Bertz CT molecular complexity index is 1530. The van der Waals surface area contributed by atoms with E-state index in [1.165, 1.54) is 27.2 Å². The molecular weight excluding hydrogens is 535 g/mol. The van der Waals surface area contributed by atoms with Crippen molar-refractivity contribution in [2.75, 3.05) is 0 Å². The van der Waals surface area contributed by atoms with Gasteiger partial charge in [0.15, 0.2) is 0 Å². The second-order valence-electron chi connectivity index (χ2n) is 9.90. The largest absolute Gasteiger partial charge is 0.326 e. The van der Waals surface area contributed by atoms with Gasteiger partial charge in [0.05, 0.1) is 21.0 Å². The highest BCUT2D eigenvalue weighted by Gasteiger charge is 2.36. The minimum atomic E-state index is -0.821. The van der Waals surface area contributed by atoms with Crippen molar-refractivity contribution in [2.45, 2.75) is 5.16 Å². The van der Waals surface area contributed by atoms with E-state index >= 15 is 0 Å². The maximum absolute atomic E-state index is 6.12. The lowest BCUT2D eigenvalue weighted by atomic mass is 9.41. The summed E-state index contributed by atoms with van der Waals surface area (Å²) >= 11 is 6.12. The molecule has 0 bridgehead atoms. The van der Waals surface area contributed by atoms with Crippen LogP contribution in [0.3, 0.4) is 0 Å². The second-order valence-corrected chi connectivity index (χ2v) is 12.5. The Hall–Kier alpha value is -4.38. The standard InChI is InChI=1S/C22H19ClN2Si.C14H13B/c23-20-11-13-21(14-12-20)26-22(25-16-15-24-17-25,18-7-3-1-4-8-18)19-9-5-2-6-10-19;1-2-15(13-9-5-3-6-10-13)14-11-7-4-8-12-14/h1-17H,26H2;2-12H,1H2. The van der Waals surface area contributed by atoms with E-state index in [2.05, 4.69) is 144 Å². The molecule has 0 spiro atoms. The maximum Gasteiger partial charge on any atom is 0.233 e. The normalized spacial score (nSPS) is 11.0. The average Bonchev–Trinajstić information content (AvgIpc) is 3.59. The Balaban J connectivity index is 0.000000191. The van der Waals surface area contributed by atoms with Gasteiger partial charge in [-0.3, -0.25) is 0 Å². The summed E-state index contributed by atoms with van der Waals surface area (Å²) in [6, 6.07) is 50.6. The average molecular weight is 567 g/mol. The van der Waals surface area contributed by atoms with E-state index in [-0.39, 0.29) is 5.16 Å². The number of aromatic nitrogens is 2. The van der Waals surface area contributed by atoms with Gasteiger partial charge >= 0.3 is 0 Å².